The number of nitrogens with one attached hydrogen (secondary N) is 1. The number of hydrogen-bond acceptors (Lipinski definition) is 6. The molecule has 1 saturated heterocycles. The van der Waals surface area contributed by atoms with E-state index >= 15 is 0 Å². The first-order valence-electron chi connectivity index (χ1n) is 9.34. The first kappa shape index (κ1) is 22.7. The van der Waals surface area contributed by atoms with Crippen molar-refractivity contribution in [1.82, 2.24) is 19.6 Å². The number of hydrogen-bond donors (Lipinski definition) is 2. The fraction of sp³-hybridized carbons (Fsp3) is 0.526. The Bertz CT molecular complexity index is 1130. The molecule has 3 rings (SSSR count). The Morgan fingerprint density at radius 1 is 1.43 bits per heavy atom. The summed E-state index contributed by atoms with van der Waals surface area (Å²) >= 11 is 7.43. The molecule has 0 bridgehead atoms. The minimum Gasteiger partial charge on any atom is -0.465 e. The number of likely N-dealkylation sites (tertiary alicyclic amines) is 1. The van der Waals surface area contributed by atoms with Gasteiger partial charge in [0.2, 0.25) is 10.0 Å². The summed E-state index contributed by atoms with van der Waals surface area (Å²) in [6.45, 7) is 7.46. The largest absolute Gasteiger partial charge is 0.465 e. The lowest BCUT2D eigenvalue weighted by Gasteiger charge is -2.34. The van der Waals surface area contributed by atoms with Gasteiger partial charge in [0.1, 0.15) is 17.5 Å². The van der Waals surface area contributed by atoms with Crippen molar-refractivity contribution in [3.63, 3.8) is 0 Å². The molecule has 1 aliphatic heterocycles. The van der Waals surface area contributed by atoms with Gasteiger partial charge in [-0.25, -0.2) is 27.9 Å². The fourth-order valence-electron chi connectivity index (χ4n) is 3.75. The Hall–Kier alpha value is -1.93. The molecular weight excluding hydrogens is 448 g/mol. The molecule has 3 heterocycles. The van der Waals surface area contributed by atoms with Crippen LogP contribution >= 0.6 is 22.9 Å². The topological polar surface area (TPSA) is 112 Å². The van der Waals surface area contributed by atoms with E-state index in [4.69, 9.17) is 11.6 Å². The van der Waals surface area contributed by atoms with E-state index in [1.807, 2.05) is 20.8 Å². The normalized spacial score (nSPS) is 22.2. The van der Waals surface area contributed by atoms with Crippen LogP contribution in [-0.2, 0) is 10.0 Å². The van der Waals surface area contributed by atoms with Crippen LogP contribution in [0.1, 0.15) is 32.6 Å². The summed E-state index contributed by atoms with van der Waals surface area (Å²) in [4.78, 5) is 21.9. The molecule has 1 fully saturated rings. The highest BCUT2D eigenvalue weighted by Gasteiger charge is 2.49. The molecule has 11 heteroatoms. The number of carbonyl (C=O) groups is 1. The minimum atomic E-state index is -3.50. The van der Waals surface area contributed by atoms with E-state index in [1.54, 1.807) is 13.0 Å². The van der Waals surface area contributed by atoms with E-state index in [2.05, 4.69) is 26.5 Å². The summed E-state index contributed by atoms with van der Waals surface area (Å²) in [6.07, 6.45) is 0.240. The zero-order valence-electron chi connectivity index (χ0n) is 17.0. The molecule has 0 spiro atoms. The van der Waals surface area contributed by atoms with Crippen molar-refractivity contribution in [2.45, 2.75) is 39.8 Å². The van der Waals surface area contributed by atoms with Gasteiger partial charge in [-0.1, -0.05) is 44.2 Å². The van der Waals surface area contributed by atoms with Crippen molar-refractivity contribution in [3.05, 3.63) is 22.4 Å². The number of rotatable bonds is 3. The molecule has 0 radical (unpaired) electrons. The average molecular weight is 471 g/mol. The van der Waals surface area contributed by atoms with Crippen molar-refractivity contribution < 1.29 is 18.3 Å². The molecule has 3 atom stereocenters. The number of nitrogens with zero attached hydrogens (tertiary/aromatic N) is 3. The third-order valence-electron chi connectivity index (χ3n) is 5.07. The second kappa shape index (κ2) is 8.30. The first-order chi connectivity index (χ1) is 13.9. The Morgan fingerprint density at radius 2 is 2.13 bits per heavy atom. The third kappa shape index (κ3) is 4.70. The van der Waals surface area contributed by atoms with Crippen molar-refractivity contribution in [1.29, 1.82) is 0 Å². The maximum absolute atomic E-state index is 12.2. The highest BCUT2D eigenvalue weighted by atomic mass is 35.5. The van der Waals surface area contributed by atoms with E-state index in [-0.39, 0.29) is 23.6 Å². The van der Waals surface area contributed by atoms with Gasteiger partial charge >= 0.3 is 6.09 Å². The van der Waals surface area contributed by atoms with Gasteiger partial charge in [0, 0.05) is 18.5 Å². The van der Waals surface area contributed by atoms with Crippen LogP contribution < -0.4 is 4.72 Å². The van der Waals surface area contributed by atoms with Gasteiger partial charge in [-0.2, -0.15) is 0 Å². The number of carboxylic acid groups (broad SMARTS) is 1. The molecule has 0 aromatic carbocycles. The van der Waals surface area contributed by atoms with Crippen LogP contribution in [0.25, 0.3) is 10.2 Å². The predicted molar refractivity (Wildman–Crippen MR) is 117 cm³/mol. The van der Waals surface area contributed by atoms with Gasteiger partial charge in [-0.15, -0.1) is 11.3 Å². The van der Waals surface area contributed by atoms with Gasteiger partial charge in [0.25, 0.3) is 0 Å². The molecule has 1 amide bonds. The van der Waals surface area contributed by atoms with E-state index in [9.17, 15) is 18.3 Å². The monoisotopic (exact) mass is 470 g/mol. The molecule has 8 nitrogen and oxygen atoms in total. The Labute approximate surface area is 184 Å². The highest BCUT2D eigenvalue weighted by Crippen LogP contribution is 2.39. The van der Waals surface area contributed by atoms with Gasteiger partial charge < -0.3 is 5.11 Å². The molecule has 2 N–H and O–H groups in total. The van der Waals surface area contributed by atoms with Crippen LogP contribution in [0.2, 0.25) is 5.15 Å². The molecule has 0 saturated carbocycles. The summed E-state index contributed by atoms with van der Waals surface area (Å²) in [6, 6.07) is 0.552. The molecular formula is C19H23ClN4O4S2. The summed E-state index contributed by atoms with van der Waals surface area (Å²) in [5.74, 6) is 5.72. The van der Waals surface area contributed by atoms with Crippen LogP contribution in [0, 0.1) is 23.2 Å². The number of fused-ring (bicyclic) bond motifs is 1. The molecule has 30 heavy (non-hydrogen) atoms. The molecule has 2 aromatic rings. The lowest BCUT2D eigenvalue weighted by Crippen LogP contribution is -2.46. The Balaban J connectivity index is 2.01. The van der Waals surface area contributed by atoms with E-state index in [0.717, 1.165) is 0 Å². The molecule has 1 aliphatic rings. The lowest BCUT2D eigenvalue weighted by atomic mass is 9.74. The van der Waals surface area contributed by atoms with Crippen molar-refractivity contribution >= 4 is 49.3 Å². The van der Waals surface area contributed by atoms with Gasteiger partial charge in [0.15, 0.2) is 0 Å². The predicted octanol–water partition coefficient (Wildman–Crippen LogP) is 3.03. The second-order valence-corrected chi connectivity index (χ2v) is 11.6. The molecule has 2 aromatic heterocycles. The third-order valence-corrected chi connectivity index (χ3v) is 7.94. The Morgan fingerprint density at radius 3 is 2.70 bits per heavy atom. The van der Waals surface area contributed by atoms with Crippen LogP contribution in [0.15, 0.2) is 12.4 Å². The average Bonchev–Trinajstić information content (AvgIpc) is 3.21. The summed E-state index contributed by atoms with van der Waals surface area (Å²) in [5, 5.41) is 10.1. The molecule has 162 valence electrons. The SMILES string of the molecule is CCS(=O)(=O)N[C@H]1CN(C(=O)O)[C@H](C#Cc2cc3ncnc(Cl)c3s2)C1C(C)(C)C. The minimum absolute atomic E-state index is 0.0412. The van der Waals surface area contributed by atoms with Gasteiger partial charge in [-0.05, 0) is 18.4 Å². The number of halogens is 1. The van der Waals surface area contributed by atoms with Gasteiger partial charge in [-0.3, -0.25) is 4.90 Å². The maximum Gasteiger partial charge on any atom is 0.408 e. The van der Waals surface area contributed by atoms with Crippen molar-refractivity contribution in [3.8, 4) is 11.8 Å². The fourth-order valence-corrected chi connectivity index (χ4v) is 5.71. The summed E-state index contributed by atoms with van der Waals surface area (Å²) in [7, 11) is -3.50. The van der Waals surface area contributed by atoms with Crippen molar-refractivity contribution in [2.24, 2.45) is 11.3 Å². The summed E-state index contributed by atoms with van der Waals surface area (Å²) in [5.41, 5.74) is 0.283. The van der Waals surface area contributed by atoms with Crippen LogP contribution in [0.4, 0.5) is 4.79 Å². The number of sulfonamides is 1. The molecule has 1 unspecified atom stereocenters. The Kier molecular flexibility index (Phi) is 6.30. The highest BCUT2D eigenvalue weighted by molar-refractivity contribution is 7.89. The van der Waals surface area contributed by atoms with E-state index < -0.39 is 28.2 Å². The summed E-state index contributed by atoms with van der Waals surface area (Å²) < 4.78 is 27.8. The standard InChI is InChI=1S/C19H23ClN4O4S2/c1-5-30(27,28)23-13-9-24(18(25)26)14(15(13)19(2,3)4)7-6-11-8-12-16(29-11)17(20)22-10-21-12/h8,10,13-15,23H,5,9H2,1-4H3,(H,25,26)/t13-,14+,15?/m0/s1. The van der Waals surface area contributed by atoms with Gasteiger partial charge in [0.05, 0.1) is 20.8 Å². The number of aromatic nitrogens is 2. The van der Waals surface area contributed by atoms with E-state index in [0.29, 0.717) is 20.2 Å². The van der Waals surface area contributed by atoms with Crippen LogP contribution in [0.5, 0.6) is 0 Å². The van der Waals surface area contributed by atoms with E-state index in [1.165, 1.54) is 22.6 Å². The quantitative estimate of drug-likeness (QED) is 0.526. The number of amides is 1. The van der Waals surface area contributed by atoms with Crippen LogP contribution in [0.3, 0.4) is 0 Å². The smallest absolute Gasteiger partial charge is 0.408 e. The lowest BCUT2D eigenvalue weighted by molar-refractivity contribution is 0.134. The maximum atomic E-state index is 12.2. The zero-order valence-corrected chi connectivity index (χ0v) is 19.4. The zero-order chi connectivity index (χ0) is 22.3. The number of thiophene rings is 1. The van der Waals surface area contributed by atoms with Crippen molar-refractivity contribution in [2.75, 3.05) is 12.3 Å². The second-order valence-electron chi connectivity index (χ2n) is 8.16. The van der Waals surface area contributed by atoms with Crippen LogP contribution in [-0.4, -0.2) is 58.9 Å². The first-order valence-corrected chi connectivity index (χ1v) is 12.2. The molecule has 0 aliphatic carbocycles.